The minimum atomic E-state index is 0.206. The molecule has 2 N–H and O–H groups in total. The highest BCUT2D eigenvalue weighted by molar-refractivity contribution is 4.91. The number of rotatable bonds is 8. The maximum Gasteiger partial charge on any atom is 0.0264 e. The van der Waals surface area contributed by atoms with Crippen LogP contribution in [0.1, 0.15) is 109 Å². The predicted octanol–water partition coefficient (Wildman–Crippen LogP) is 6.89. The number of hydrogen-bond acceptors (Lipinski definition) is 2. The van der Waals surface area contributed by atoms with E-state index in [0.29, 0.717) is 16.9 Å². The Labute approximate surface area is 160 Å². The Morgan fingerprint density at radius 3 is 1.44 bits per heavy atom. The van der Waals surface area contributed by atoms with Crippen molar-refractivity contribution in [2.24, 2.45) is 32.9 Å². The lowest BCUT2D eigenvalue weighted by Crippen LogP contribution is -2.50. The molecule has 0 aliphatic heterocycles. The number of hydrazine groups is 1. The summed E-state index contributed by atoms with van der Waals surface area (Å²) in [6.07, 6.45) is 3.53. The van der Waals surface area contributed by atoms with E-state index in [0.717, 1.165) is 13.0 Å². The summed E-state index contributed by atoms with van der Waals surface area (Å²) in [4.78, 5) is 0. The van der Waals surface area contributed by atoms with Crippen molar-refractivity contribution < 1.29 is 0 Å². The molecule has 2 nitrogen and oxygen atoms in total. The van der Waals surface area contributed by atoms with Gasteiger partial charge in [0.1, 0.15) is 0 Å². The monoisotopic (exact) mass is 354 g/mol. The van der Waals surface area contributed by atoms with Gasteiger partial charge in [0.05, 0.1) is 0 Å². The van der Waals surface area contributed by atoms with Crippen molar-refractivity contribution in [2.75, 3.05) is 6.54 Å². The van der Waals surface area contributed by atoms with E-state index in [9.17, 15) is 0 Å². The molecule has 0 fully saturated rings. The Kier molecular flexibility index (Phi) is 7.86. The summed E-state index contributed by atoms with van der Waals surface area (Å²) in [5, 5.41) is 2.10. The maximum atomic E-state index is 6.53. The van der Waals surface area contributed by atoms with Gasteiger partial charge in [-0.3, -0.25) is 5.84 Å². The average molecular weight is 355 g/mol. The van der Waals surface area contributed by atoms with E-state index in [1.165, 1.54) is 12.8 Å². The minimum absolute atomic E-state index is 0.206. The average Bonchev–Trinajstić information content (AvgIpc) is 2.28. The third-order valence-electron chi connectivity index (χ3n) is 6.41. The van der Waals surface area contributed by atoms with Gasteiger partial charge in [0.15, 0.2) is 0 Å². The number of nitrogens with two attached hydrogens (primary N) is 1. The molecular formula is C23H50N2. The van der Waals surface area contributed by atoms with E-state index in [1.54, 1.807) is 0 Å². The number of hydrogen-bond donors (Lipinski definition) is 1. The van der Waals surface area contributed by atoms with Gasteiger partial charge < -0.3 is 0 Å². The van der Waals surface area contributed by atoms with Crippen LogP contribution in [0.4, 0.5) is 0 Å². The van der Waals surface area contributed by atoms with Crippen LogP contribution in [0, 0.1) is 27.1 Å². The standard InChI is InChI=1S/C23H50N2/c1-18(21(8,9)16-19(2,3)4)25(24)15-14-22(10,11)23(12,13)17-20(5,6)7/h18H,14-17,24H2,1-13H3. The molecule has 0 aromatic heterocycles. The second-order valence-corrected chi connectivity index (χ2v) is 12.9. The molecule has 1 atom stereocenters. The molecule has 0 saturated carbocycles. The molecule has 0 aromatic rings. The second-order valence-electron chi connectivity index (χ2n) is 12.9. The lowest BCUT2D eigenvalue weighted by molar-refractivity contribution is 0.0174. The first-order chi connectivity index (χ1) is 10.7. The fourth-order valence-corrected chi connectivity index (χ4v) is 4.47. The zero-order valence-corrected chi connectivity index (χ0v) is 19.9. The first-order valence-electron chi connectivity index (χ1n) is 10.2. The topological polar surface area (TPSA) is 29.3 Å². The Morgan fingerprint density at radius 2 is 1.08 bits per heavy atom. The van der Waals surface area contributed by atoms with Crippen LogP contribution in [-0.2, 0) is 0 Å². The summed E-state index contributed by atoms with van der Waals surface area (Å²) in [5.74, 6) is 6.53. The smallest absolute Gasteiger partial charge is 0.0264 e. The zero-order valence-electron chi connectivity index (χ0n) is 19.9. The van der Waals surface area contributed by atoms with E-state index in [-0.39, 0.29) is 16.2 Å². The zero-order chi connectivity index (χ0) is 20.5. The Hall–Kier alpha value is -0.0800. The molecule has 0 bridgehead atoms. The molecule has 2 heteroatoms. The molecule has 0 spiro atoms. The van der Waals surface area contributed by atoms with Gasteiger partial charge in [-0.1, -0.05) is 83.1 Å². The Morgan fingerprint density at radius 1 is 0.680 bits per heavy atom. The van der Waals surface area contributed by atoms with Crippen molar-refractivity contribution in [3.8, 4) is 0 Å². The van der Waals surface area contributed by atoms with Gasteiger partial charge in [0.2, 0.25) is 0 Å². The van der Waals surface area contributed by atoms with Crippen LogP contribution in [0.5, 0.6) is 0 Å². The molecule has 0 rings (SSSR count). The first-order valence-corrected chi connectivity index (χ1v) is 10.2. The summed E-state index contributed by atoms with van der Waals surface area (Å²) in [7, 11) is 0. The van der Waals surface area contributed by atoms with Crippen LogP contribution in [0.3, 0.4) is 0 Å². The summed E-state index contributed by atoms with van der Waals surface area (Å²) >= 11 is 0. The molecule has 0 aliphatic carbocycles. The van der Waals surface area contributed by atoms with E-state index < -0.39 is 0 Å². The van der Waals surface area contributed by atoms with Gasteiger partial charge in [-0.25, -0.2) is 5.01 Å². The van der Waals surface area contributed by atoms with E-state index in [2.05, 4.69) is 95.0 Å². The molecule has 25 heavy (non-hydrogen) atoms. The summed E-state index contributed by atoms with van der Waals surface area (Å²) in [6, 6.07) is 0.369. The van der Waals surface area contributed by atoms with E-state index in [4.69, 9.17) is 5.84 Å². The van der Waals surface area contributed by atoms with E-state index >= 15 is 0 Å². The summed E-state index contributed by atoms with van der Waals surface area (Å²) < 4.78 is 0. The van der Waals surface area contributed by atoms with Crippen molar-refractivity contribution in [2.45, 2.75) is 115 Å². The number of nitrogens with zero attached hydrogens (tertiary/aromatic N) is 1. The van der Waals surface area contributed by atoms with Crippen molar-refractivity contribution >= 4 is 0 Å². The van der Waals surface area contributed by atoms with Crippen LogP contribution in [0.2, 0.25) is 0 Å². The van der Waals surface area contributed by atoms with Gasteiger partial charge in [0, 0.05) is 12.6 Å². The molecule has 0 amide bonds. The molecule has 0 saturated heterocycles. The van der Waals surface area contributed by atoms with Gasteiger partial charge in [-0.15, -0.1) is 0 Å². The quantitative estimate of drug-likeness (QED) is 0.380. The van der Waals surface area contributed by atoms with Crippen molar-refractivity contribution in [3.05, 3.63) is 0 Å². The van der Waals surface area contributed by atoms with Crippen molar-refractivity contribution in [3.63, 3.8) is 0 Å². The van der Waals surface area contributed by atoms with Gasteiger partial charge >= 0.3 is 0 Å². The Balaban J connectivity index is 4.94. The highest BCUT2D eigenvalue weighted by atomic mass is 15.4. The highest BCUT2D eigenvalue weighted by Crippen LogP contribution is 2.48. The maximum absolute atomic E-state index is 6.53. The fourth-order valence-electron chi connectivity index (χ4n) is 4.47. The van der Waals surface area contributed by atoms with Gasteiger partial charge in [-0.2, -0.15) is 0 Å². The third-order valence-corrected chi connectivity index (χ3v) is 6.41. The first kappa shape index (κ1) is 24.9. The molecule has 0 heterocycles. The summed E-state index contributed by atoms with van der Waals surface area (Å²) in [6.45, 7) is 31.6. The van der Waals surface area contributed by atoms with Crippen LogP contribution in [-0.4, -0.2) is 17.6 Å². The Bertz CT molecular complexity index is 405. The normalized spacial score (nSPS) is 16.4. The molecule has 0 aliphatic rings. The SMILES string of the molecule is CC(N(N)CCC(C)(C)C(C)(C)CC(C)(C)C)C(C)(C)CC(C)(C)C. The molecule has 152 valence electrons. The van der Waals surface area contributed by atoms with Crippen LogP contribution in [0.15, 0.2) is 0 Å². The fraction of sp³-hybridized carbons (Fsp3) is 1.00. The second kappa shape index (κ2) is 7.89. The van der Waals surface area contributed by atoms with Crippen molar-refractivity contribution in [1.29, 1.82) is 0 Å². The predicted molar refractivity (Wildman–Crippen MR) is 114 cm³/mol. The lowest BCUT2D eigenvalue weighted by Gasteiger charge is -2.47. The largest absolute Gasteiger partial charge is 0.269 e. The molecule has 0 aromatic carbocycles. The van der Waals surface area contributed by atoms with Crippen LogP contribution < -0.4 is 5.84 Å². The molecular weight excluding hydrogens is 304 g/mol. The molecule has 1 unspecified atom stereocenters. The van der Waals surface area contributed by atoms with E-state index in [1.807, 2.05) is 0 Å². The van der Waals surface area contributed by atoms with Gasteiger partial charge in [-0.05, 0) is 53.3 Å². The molecule has 0 radical (unpaired) electrons. The minimum Gasteiger partial charge on any atom is -0.269 e. The third kappa shape index (κ3) is 8.43. The summed E-state index contributed by atoms with van der Waals surface area (Å²) in [5.41, 5.74) is 1.43. The van der Waals surface area contributed by atoms with Crippen LogP contribution in [0.25, 0.3) is 0 Å². The highest BCUT2D eigenvalue weighted by Gasteiger charge is 2.40. The van der Waals surface area contributed by atoms with Crippen LogP contribution >= 0.6 is 0 Å². The lowest BCUT2D eigenvalue weighted by atomic mass is 9.60. The van der Waals surface area contributed by atoms with Crippen molar-refractivity contribution in [1.82, 2.24) is 5.01 Å². The van der Waals surface area contributed by atoms with Gasteiger partial charge in [0.25, 0.3) is 0 Å².